The monoisotopic (exact) mass is 404 g/mol. The maximum absolute atomic E-state index is 12.0. The summed E-state index contributed by atoms with van der Waals surface area (Å²) in [5.74, 6) is 0.355. The number of halogens is 1. The lowest BCUT2D eigenvalue weighted by Gasteiger charge is -2.08. The Morgan fingerprint density at radius 1 is 1.00 bits per heavy atom. The van der Waals surface area contributed by atoms with Crippen LogP contribution in [0, 0.1) is 0 Å². The summed E-state index contributed by atoms with van der Waals surface area (Å²) >= 11 is 3.30. The minimum Gasteiger partial charge on any atom is -0.496 e. The first kappa shape index (κ1) is 18.5. The van der Waals surface area contributed by atoms with Crippen molar-refractivity contribution in [1.82, 2.24) is 10.9 Å². The van der Waals surface area contributed by atoms with E-state index in [9.17, 15) is 9.59 Å². The number of para-hydroxylation sites is 1. The Morgan fingerprint density at radius 3 is 2.40 bits per heavy atom. The molecule has 25 heavy (non-hydrogen) atoms. The van der Waals surface area contributed by atoms with Gasteiger partial charge in [-0.05, 0) is 46.3 Å². The van der Waals surface area contributed by atoms with E-state index in [1.807, 2.05) is 18.2 Å². The highest BCUT2D eigenvalue weighted by Crippen LogP contribution is 2.25. The van der Waals surface area contributed by atoms with Gasteiger partial charge in [-0.15, -0.1) is 0 Å². The zero-order valence-electron chi connectivity index (χ0n) is 13.7. The minimum atomic E-state index is -0.466. The average Bonchev–Trinajstić information content (AvgIpc) is 2.64. The number of rotatable bonds is 5. The Balaban J connectivity index is 1.94. The van der Waals surface area contributed by atoms with Crippen LogP contribution in [0.5, 0.6) is 11.5 Å². The van der Waals surface area contributed by atoms with E-state index >= 15 is 0 Å². The van der Waals surface area contributed by atoms with Crippen molar-refractivity contribution in [2.45, 2.75) is 0 Å². The van der Waals surface area contributed by atoms with Gasteiger partial charge in [-0.2, -0.15) is 0 Å². The molecule has 0 unspecified atom stereocenters. The molecule has 0 saturated heterocycles. The second-order valence-corrected chi connectivity index (χ2v) is 5.72. The number of amides is 2. The number of nitrogens with one attached hydrogen (secondary N) is 2. The highest BCUT2D eigenvalue weighted by molar-refractivity contribution is 9.10. The molecule has 0 fully saturated rings. The molecular weight excluding hydrogens is 388 g/mol. The summed E-state index contributed by atoms with van der Waals surface area (Å²) in [6.45, 7) is 0. The van der Waals surface area contributed by atoms with Gasteiger partial charge in [-0.1, -0.05) is 18.2 Å². The second kappa shape index (κ2) is 8.89. The summed E-state index contributed by atoms with van der Waals surface area (Å²) in [4.78, 5) is 23.9. The van der Waals surface area contributed by atoms with Gasteiger partial charge in [0.2, 0.25) is 0 Å². The van der Waals surface area contributed by atoms with Crippen LogP contribution in [0.4, 0.5) is 0 Å². The fraction of sp³-hybridized carbons (Fsp3) is 0.111. The molecule has 2 aromatic rings. The molecule has 0 atom stereocenters. The van der Waals surface area contributed by atoms with Crippen molar-refractivity contribution in [3.8, 4) is 11.5 Å². The van der Waals surface area contributed by atoms with Crippen LogP contribution < -0.4 is 20.3 Å². The van der Waals surface area contributed by atoms with Gasteiger partial charge in [-0.3, -0.25) is 20.4 Å². The molecular formula is C18H17BrN2O4. The normalized spacial score (nSPS) is 10.4. The molecule has 0 saturated carbocycles. The number of benzene rings is 2. The average molecular weight is 405 g/mol. The zero-order valence-corrected chi connectivity index (χ0v) is 15.3. The number of hydrogen-bond donors (Lipinski definition) is 2. The van der Waals surface area contributed by atoms with Gasteiger partial charge >= 0.3 is 0 Å². The van der Waals surface area contributed by atoms with E-state index in [4.69, 9.17) is 9.47 Å². The summed E-state index contributed by atoms with van der Waals surface area (Å²) < 4.78 is 10.9. The number of carbonyl (C=O) groups excluding carboxylic acids is 2. The Kier molecular flexibility index (Phi) is 6.59. The van der Waals surface area contributed by atoms with E-state index in [0.29, 0.717) is 21.5 Å². The first-order valence-corrected chi connectivity index (χ1v) is 8.09. The predicted molar refractivity (Wildman–Crippen MR) is 98.3 cm³/mol. The molecule has 6 nitrogen and oxygen atoms in total. The van der Waals surface area contributed by atoms with E-state index in [1.54, 1.807) is 37.5 Å². The van der Waals surface area contributed by atoms with Crippen LogP contribution in [0.2, 0.25) is 0 Å². The van der Waals surface area contributed by atoms with E-state index < -0.39 is 11.8 Å². The van der Waals surface area contributed by atoms with E-state index in [2.05, 4.69) is 26.8 Å². The van der Waals surface area contributed by atoms with Gasteiger partial charge in [0.1, 0.15) is 11.5 Å². The Hall–Kier alpha value is -2.80. The number of ether oxygens (including phenoxy) is 2. The molecule has 0 aliphatic rings. The third-order valence-electron chi connectivity index (χ3n) is 3.27. The van der Waals surface area contributed by atoms with Crippen molar-refractivity contribution in [2.24, 2.45) is 0 Å². The highest BCUT2D eigenvalue weighted by atomic mass is 79.9. The summed E-state index contributed by atoms with van der Waals surface area (Å²) in [6.07, 6.45) is 2.91. The van der Waals surface area contributed by atoms with Crippen molar-refractivity contribution >= 4 is 33.8 Å². The Bertz CT molecular complexity index is 805. The lowest BCUT2D eigenvalue weighted by Crippen LogP contribution is -2.40. The lowest BCUT2D eigenvalue weighted by molar-refractivity contribution is -0.117. The predicted octanol–water partition coefficient (Wildman–Crippen LogP) is 2.94. The van der Waals surface area contributed by atoms with Gasteiger partial charge in [0, 0.05) is 17.2 Å². The topological polar surface area (TPSA) is 76.7 Å². The molecule has 0 spiro atoms. The first-order valence-electron chi connectivity index (χ1n) is 7.30. The van der Waals surface area contributed by atoms with Crippen LogP contribution in [0.3, 0.4) is 0 Å². The van der Waals surface area contributed by atoms with E-state index in [1.165, 1.54) is 13.2 Å². The van der Waals surface area contributed by atoms with Crippen molar-refractivity contribution in [3.63, 3.8) is 0 Å². The molecule has 0 bridgehead atoms. The molecule has 0 aromatic heterocycles. The Labute approximate surface area is 153 Å². The maximum atomic E-state index is 12.0. The number of hydrogen-bond acceptors (Lipinski definition) is 4. The SMILES string of the molecule is COc1ccc(C(=O)NNC(=O)/C=C/c2ccccc2OC)cc1Br. The largest absolute Gasteiger partial charge is 0.496 e. The molecule has 2 amide bonds. The van der Waals surface area contributed by atoms with E-state index in [-0.39, 0.29) is 0 Å². The second-order valence-electron chi connectivity index (χ2n) is 4.87. The lowest BCUT2D eigenvalue weighted by atomic mass is 10.2. The van der Waals surface area contributed by atoms with Crippen LogP contribution >= 0.6 is 15.9 Å². The first-order chi connectivity index (χ1) is 12.0. The van der Waals surface area contributed by atoms with Crippen molar-refractivity contribution in [1.29, 1.82) is 0 Å². The van der Waals surface area contributed by atoms with E-state index in [0.717, 1.165) is 5.56 Å². The summed E-state index contributed by atoms with van der Waals surface area (Å²) in [5.41, 5.74) is 5.80. The number of carbonyl (C=O) groups is 2. The van der Waals surface area contributed by atoms with Crippen LogP contribution in [0.25, 0.3) is 6.08 Å². The minimum absolute atomic E-state index is 0.377. The van der Waals surface area contributed by atoms with Crippen LogP contribution in [0.15, 0.2) is 53.0 Å². The zero-order chi connectivity index (χ0) is 18.2. The molecule has 130 valence electrons. The third kappa shape index (κ3) is 5.09. The molecule has 0 heterocycles. The quantitative estimate of drug-likeness (QED) is 0.593. The molecule has 0 radical (unpaired) electrons. The number of hydrazine groups is 1. The molecule has 2 rings (SSSR count). The molecule has 2 N–H and O–H groups in total. The van der Waals surface area contributed by atoms with Crippen LogP contribution in [-0.4, -0.2) is 26.0 Å². The Morgan fingerprint density at radius 2 is 1.72 bits per heavy atom. The van der Waals surface area contributed by atoms with Crippen LogP contribution in [-0.2, 0) is 4.79 Å². The van der Waals surface area contributed by atoms with Crippen molar-refractivity contribution in [3.05, 3.63) is 64.1 Å². The molecule has 7 heteroatoms. The fourth-order valence-corrected chi connectivity index (χ4v) is 2.55. The van der Waals surface area contributed by atoms with Gasteiger partial charge in [-0.25, -0.2) is 0 Å². The highest BCUT2D eigenvalue weighted by Gasteiger charge is 2.09. The maximum Gasteiger partial charge on any atom is 0.269 e. The van der Waals surface area contributed by atoms with Gasteiger partial charge in [0.15, 0.2) is 0 Å². The van der Waals surface area contributed by atoms with Gasteiger partial charge < -0.3 is 9.47 Å². The third-order valence-corrected chi connectivity index (χ3v) is 3.89. The van der Waals surface area contributed by atoms with Crippen LogP contribution in [0.1, 0.15) is 15.9 Å². The standard InChI is InChI=1S/C18H17BrN2O4/c1-24-15-6-4-3-5-12(15)8-10-17(22)20-21-18(23)13-7-9-16(25-2)14(19)11-13/h3-11H,1-2H3,(H,20,22)(H,21,23)/b10-8+. The fourth-order valence-electron chi connectivity index (χ4n) is 2.01. The smallest absolute Gasteiger partial charge is 0.269 e. The molecule has 2 aromatic carbocycles. The summed E-state index contributed by atoms with van der Waals surface area (Å²) in [7, 11) is 3.09. The van der Waals surface area contributed by atoms with Gasteiger partial charge in [0.25, 0.3) is 11.8 Å². The molecule has 0 aliphatic heterocycles. The number of methoxy groups -OCH3 is 2. The summed E-state index contributed by atoms with van der Waals surface area (Å²) in [5, 5.41) is 0. The molecule has 0 aliphatic carbocycles. The summed E-state index contributed by atoms with van der Waals surface area (Å²) in [6, 6.07) is 12.1. The van der Waals surface area contributed by atoms with Gasteiger partial charge in [0.05, 0.1) is 18.7 Å². The van der Waals surface area contributed by atoms with Crippen molar-refractivity contribution in [2.75, 3.05) is 14.2 Å². The van der Waals surface area contributed by atoms with Crippen molar-refractivity contribution < 1.29 is 19.1 Å².